The number of aromatic amines is 2. The fourth-order valence-corrected chi connectivity index (χ4v) is 4.07. The molecule has 3 N–H and O–H groups in total. The van der Waals surface area contributed by atoms with Crippen molar-refractivity contribution in [3.8, 4) is 34.1 Å². The van der Waals surface area contributed by atoms with Gasteiger partial charge in [-0.3, -0.25) is 0 Å². The van der Waals surface area contributed by atoms with Crippen molar-refractivity contribution in [3.05, 3.63) is 84.2 Å². The zero-order chi connectivity index (χ0) is 28.2. The SMILES string of the molecule is CCOC(=O)c1cc2oc(-c3ccc(OC)cc3)cc2[nH]1.COc1ccc(-c2cc3[nH]c(C(=O)O)cc3o2)cc1. The average molecular weight is 543 g/mol. The quantitative estimate of drug-likeness (QED) is 0.188. The van der Waals surface area contributed by atoms with Crippen LogP contribution in [0.2, 0.25) is 0 Å². The van der Waals surface area contributed by atoms with Crippen molar-refractivity contribution >= 4 is 34.1 Å². The molecule has 6 aromatic rings. The van der Waals surface area contributed by atoms with Gasteiger partial charge in [-0.2, -0.15) is 0 Å². The molecule has 10 heteroatoms. The van der Waals surface area contributed by atoms with Gasteiger partial charge < -0.3 is 38.1 Å². The smallest absolute Gasteiger partial charge is 0.354 e. The summed E-state index contributed by atoms with van der Waals surface area (Å²) < 4.78 is 26.5. The third-order valence-corrected chi connectivity index (χ3v) is 6.09. The number of carboxylic acid groups (broad SMARTS) is 1. The lowest BCUT2D eigenvalue weighted by molar-refractivity contribution is 0.0520. The first kappa shape index (κ1) is 26.2. The van der Waals surface area contributed by atoms with Crippen molar-refractivity contribution in [1.82, 2.24) is 9.97 Å². The molecule has 0 aliphatic carbocycles. The van der Waals surface area contributed by atoms with Crippen LogP contribution in [0.15, 0.2) is 81.6 Å². The van der Waals surface area contributed by atoms with Gasteiger partial charge in [0.05, 0.1) is 31.9 Å². The molecule has 0 amide bonds. The van der Waals surface area contributed by atoms with E-state index in [1.165, 1.54) is 6.07 Å². The van der Waals surface area contributed by atoms with Crippen molar-refractivity contribution in [2.45, 2.75) is 6.92 Å². The summed E-state index contributed by atoms with van der Waals surface area (Å²) in [5.41, 5.74) is 4.96. The lowest BCUT2D eigenvalue weighted by Crippen LogP contribution is -2.04. The number of hydrogen-bond acceptors (Lipinski definition) is 7. The first-order valence-corrected chi connectivity index (χ1v) is 12.3. The van der Waals surface area contributed by atoms with E-state index < -0.39 is 5.97 Å². The van der Waals surface area contributed by atoms with Crippen LogP contribution in [0.1, 0.15) is 27.9 Å². The van der Waals surface area contributed by atoms with E-state index in [4.69, 9.17) is 28.2 Å². The highest BCUT2D eigenvalue weighted by Gasteiger charge is 2.15. The maximum atomic E-state index is 11.6. The second-order valence-corrected chi connectivity index (χ2v) is 8.63. The highest BCUT2D eigenvalue weighted by molar-refractivity contribution is 5.94. The van der Waals surface area contributed by atoms with E-state index in [1.807, 2.05) is 54.6 Å². The van der Waals surface area contributed by atoms with E-state index in [2.05, 4.69) is 9.97 Å². The van der Waals surface area contributed by atoms with Gasteiger partial charge in [0.25, 0.3) is 0 Å². The molecule has 0 saturated heterocycles. The number of H-pyrrole nitrogens is 2. The second kappa shape index (κ2) is 11.2. The third kappa shape index (κ3) is 5.41. The number of hydrogen-bond donors (Lipinski definition) is 3. The minimum Gasteiger partial charge on any atom is -0.497 e. The molecule has 0 aliphatic heterocycles. The number of nitrogens with one attached hydrogen (secondary N) is 2. The van der Waals surface area contributed by atoms with Crippen molar-refractivity contribution in [3.63, 3.8) is 0 Å². The van der Waals surface area contributed by atoms with Crippen LogP contribution in [0, 0.1) is 0 Å². The lowest BCUT2D eigenvalue weighted by atomic mass is 10.2. The summed E-state index contributed by atoms with van der Waals surface area (Å²) in [7, 11) is 3.24. The summed E-state index contributed by atoms with van der Waals surface area (Å²) in [5, 5.41) is 8.86. The Labute approximate surface area is 228 Å². The van der Waals surface area contributed by atoms with Gasteiger partial charge in [0.1, 0.15) is 34.4 Å². The van der Waals surface area contributed by atoms with E-state index in [-0.39, 0.29) is 11.7 Å². The summed E-state index contributed by atoms with van der Waals surface area (Å²) in [4.78, 5) is 28.2. The zero-order valence-electron chi connectivity index (χ0n) is 21.9. The van der Waals surface area contributed by atoms with E-state index in [9.17, 15) is 9.59 Å². The van der Waals surface area contributed by atoms with Crippen LogP contribution >= 0.6 is 0 Å². The molecule has 0 radical (unpaired) electrons. The zero-order valence-corrected chi connectivity index (χ0v) is 21.9. The van der Waals surface area contributed by atoms with Crippen LogP contribution < -0.4 is 9.47 Å². The fourth-order valence-electron chi connectivity index (χ4n) is 4.07. The van der Waals surface area contributed by atoms with Crippen LogP contribution in [-0.4, -0.2) is 47.8 Å². The highest BCUT2D eigenvalue weighted by atomic mass is 16.5. The molecular weight excluding hydrogens is 516 g/mol. The number of carbonyl (C=O) groups excluding carboxylic acids is 1. The molecule has 0 atom stereocenters. The molecule has 0 fully saturated rings. The maximum Gasteiger partial charge on any atom is 0.354 e. The van der Waals surface area contributed by atoms with Crippen LogP contribution in [0.4, 0.5) is 0 Å². The number of benzene rings is 2. The Balaban J connectivity index is 0.000000162. The summed E-state index contributed by atoms with van der Waals surface area (Å²) in [6, 6.07) is 21.8. The number of carbonyl (C=O) groups is 2. The third-order valence-electron chi connectivity index (χ3n) is 6.09. The number of esters is 1. The number of furan rings is 2. The second-order valence-electron chi connectivity index (χ2n) is 8.63. The molecule has 0 unspecified atom stereocenters. The van der Waals surface area contributed by atoms with Gasteiger partial charge in [0, 0.05) is 35.4 Å². The lowest BCUT2D eigenvalue weighted by Gasteiger charge is -2.00. The van der Waals surface area contributed by atoms with Crippen molar-refractivity contribution in [2.24, 2.45) is 0 Å². The van der Waals surface area contributed by atoms with Gasteiger partial charge in [-0.1, -0.05) is 0 Å². The van der Waals surface area contributed by atoms with Gasteiger partial charge in [-0.05, 0) is 55.5 Å². The topological polar surface area (TPSA) is 140 Å². The van der Waals surface area contributed by atoms with Crippen molar-refractivity contribution in [1.29, 1.82) is 0 Å². The summed E-state index contributed by atoms with van der Waals surface area (Å²) in [6.07, 6.45) is 0. The number of ether oxygens (including phenoxy) is 3. The number of methoxy groups -OCH3 is 2. The number of rotatable bonds is 7. The van der Waals surface area contributed by atoms with Crippen molar-refractivity contribution < 1.29 is 37.7 Å². The molecule has 2 aromatic carbocycles. The monoisotopic (exact) mass is 542 g/mol. The van der Waals surface area contributed by atoms with Gasteiger partial charge in [-0.15, -0.1) is 0 Å². The molecule has 0 saturated carbocycles. The normalized spacial score (nSPS) is 10.8. The van der Waals surface area contributed by atoms with Crippen LogP contribution in [-0.2, 0) is 4.74 Å². The molecule has 0 spiro atoms. The molecule has 0 bridgehead atoms. The predicted molar refractivity (Wildman–Crippen MR) is 148 cm³/mol. The standard InChI is InChI=1S/C16H15NO4.C14H11NO4/c1-3-20-16(18)13-9-15-12(17-13)8-14(21-15)10-4-6-11(19-2)7-5-10;1-18-9-4-2-8(3-5-9)12-6-10-13(19-12)7-11(15-10)14(16)17/h4-9,17H,3H2,1-2H3;2-7,15H,1H3,(H,16,17). The van der Waals surface area contributed by atoms with E-state index in [0.29, 0.717) is 34.7 Å². The minimum atomic E-state index is -1.00. The van der Waals surface area contributed by atoms with Gasteiger partial charge in [0.15, 0.2) is 11.2 Å². The number of aromatic nitrogens is 2. The fraction of sp³-hybridized carbons (Fsp3) is 0.133. The maximum absolute atomic E-state index is 11.6. The average Bonchev–Trinajstić information content (AvgIpc) is 3.73. The molecule has 40 heavy (non-hydrogen) atoms. The number of carboxylic acids is 1. The Kier molecular flexibility index (Phi) is 7.32. The largest absolute Gasteiger partial charge is 0.497 e. The van der Waals surface area contributed by atoms with Crippen LogP contribution in [0.5, 0.6) is 11.5 Å². The number of fused-ring (bicyclic) bond motifs is 2. The molecule has 6 rings (SSSR count). The molecule has 204 valence electrons. The molecule has 10 nitrogen and oxygen atoms in total. The van der Waals surface area contributed by atoms with Gasteiger partial charge in [0.2, 0.25) is 0 Å². The predicted octanol–water partition coefficient (Wildman–Crippen LogP) is 6.75. The first-order chi connectivity index (χ1) is 19.4. The van der Waals surface area contributed by atoms with Gasteiger partial charge >= 0.3 is 11.9 Å². The van der Waals surface area contributed by atoms with Gasteiger partial charge in [-0.25, -0.2) is 9.59 Å². The first-order valence-electron chi connectivity index (χ1n) is 12.3. The van der Waals surface area contributed by atoms with E-state index >= 15 is 0 Å². The Morgan fingerprint density at radius 1 is 0.725 bits per heavy atom. The number of aromatic carboxylic acids is 1. The summed E-state index contributed by atoms with van der Waals surface area (Å²) in [6.45, 7) is 2.11. The molecular formula is C30H26N2O8. The molecule has 4 heterocycles. The van der Waals surface area contributed by atoms with Crippen molar-refractivity contribution in [2.75, 3.05) is 20.8 Å². The Bertz CT molecular complexity index is 1710. The summed E-state index contributed by atoms with van der Waals surface area (Å²) >= 11 is 0. The molecule has 4 aromatic heterocycles. The summed E-state index contributed by atoms with van der Waals surface area (Å²) in [5.74, 6) is 1.59. The highest BCUT2D eigenvalue weighted by Crippen LogP contribution is 2.30. The minimum absolute atomic E-state index is 0.120. The van der Waals surface area contributed by atoms with E-state index in [0.717, 1.165) is 33.9 Å². The Morgan fingerprint density at radius 3 is 1.57 bits per heavy atom. The molecule has 0 aliphatic rings. The Morgan fingerprint density at radius 2 is 1.18 bits per heavy atom. The Hall–Kier alpha value is -5.38. The van der Waals surface area contributed by atoms with E-state index in [1.54, 1.807) is 33.3 Å². The van der Waals surface area contributed by atoms with Crippen LogP contribution in [0.3, 0.4) is 0 Å². The van der Waals surface area contributed by atoms with Crippen LogP contribution in [0.25, 0.3) is 44.8 Å².